The van der Waals surface area contributed by atoms with Crippen LogP contribution >= 0.6 is 0 Å². The number of hydrogen-bond donors (Lipinski definition) is 0. The van der Waals surface area contributed by atoms with Crippen LogP contribution in [-0.2, 0) is 13.2 Å². The molecule has 0 saturated heterocycles. The van der Waals surface area contributed by atoms with Crippen molar-refractivity contribution in [3.63, 3.8) is 0 Å². The molecule has 3 nitrogen and oxygen atoms in total. The van der Waals surface area contributed by atoms with Crippen LogP contribution in [0.15, 0.2) is 12.1 Å². The summed E-state index contributed by atoms with van der Waals surface area (Å²) >= 11 is 0. The van der Waals surface area contributed by atoms with E-state index in [0.29, 0.717) is 10.1 Å². The van der Waals surface area contributed by atoms with Gasteiger partial charge in [-0.2, -0.15) is 26.3 Å². The fraction of sp³-hybridized carbons (Fsp3) is 0.357. The first-order valence-corrected chi connectivity index (χ1v) is 6.25. The molecule has 0 atom stereocenters. The van der Waals surface area contributed by atoms with Gasteiger partial charge in [0.1, 0.15) is 11.4 Å². The number of ketones is 1. The number of nitrogens with zero attached hydrogens (tertiary/aromatic N) is 1. The summed E-state index contributed by atoms with van der Waals surface area (Å²) < 4.78 is 83.3. The molecular formula is C14H11F6NO2. The molecule has 1 aromatic heterocycles. The number of benzene rings is 1. The van der Waals surface area contributed by atoms with E-state index in [1.165, 1.54) is 20.1 Å². The Morgan fingerprint density at radius 1 is 1.13 bits per heavy atom. The number of Topliss-reactive ketones (excluding diaryl/α,β-unsaturated/α-hetero) is 1. The number of aryl methyl sites for hydroxylation is 2. The summed E-state index contributed by atoms with van der Waals surface area (Å²) in [6.07, 6.45) is -10.5. The maximum atomic E-state index is 13.2. The Labute approximate surface area is 126 Å². The van der Waals surface area contributed by atoms with Gasteiger partial charge < -0.3 is 9.30 Å². The van der Waals surface area contributed by atoms with Gasteiger partial charge in [0.25, 0.3) is 5.78 Å². The van der Waals surface area contributed by atoms with Crippen molar-refractivity contribution in [2.75, 3.05) is 7.11 Å². The van der Waals surface area contributed by atoms with Crippen LogP contribution in [0.25, 0.3) is 10.9 Å². The molecule has 0 aliphatic carbocycles. The predicted molar refractivity (Wildman–Crippen MR) is 69.6 cm³/mol. The van der Waals surface area contributed by atoms with Gasteiger partial charge in [-0.15, -0.1) is 0 Å². The Kier molecular flexibility index (Phi) is 3.86. The van der Waals surface area contributed by atoms with Crippen LogP contribution in [0.2, 0.25) is 0 Å². The summed E-state index contributed by atoms with van der Waals surface area (Å²) in [5.41, 5.74) is -2.76. The molecular weight excluding hydrogens is 328 g/mol. The van der Waals surface area contributed by atoms with Crippen molar-refractivity contribution in [2.45, 2.75) is 19.3 Å². The highest BCUT2D eigenvalue weighted by Crippen LogP contribution is 2.41. The fourth-order valence-electron chi connectivity index (χ4n) is 2.49. The number of fused-ring (bicyclic) bond motifs is 1. The van der Waals surface area contributed by atoms with Crippen molar-refractivity contribution in [1.29, 1.82) is 0 Å². The lowest BCUT2D eigenvalue weighted by molar-refractivity contribution is -0.143. The fourth-order valence-corrected chi connectivity index (χ4v) is 2.49. The van der Waals surface area contributed by atoms with Crippen molar-refractivity contribution < 1.29 is 35.9 Å². The minimum absolute atomic E-state index is 0.0908. The van der Waals surface area contributed by atoms with Gasteiger partial charge in [0.15, 0.2) is 0 Å². The first-order chi connectivity index (χ1) is 10.4. The van der Waals surface area contributed by atoms with Crippen LogP contribution in [0.1, 0.15) is 21.6 Å². The second-order valence-electron chi connectivity index (χ2n) is 4.95. The zero-order chi connectivity index (χ0) is 17.7. The lowest BCUT2D eigenvalue weighted by Gasteiger charge is -2.12. The number of methoxy groups -OCH3 is 1. The van der Waals surface area contributed by atoms with Crippen LogP contribution in [0.5, 0.6) is 5.75 Å². The quantitative estimate of drug-likeness (QED) is 0.605. The molecule has 0 fully saturated rings. The first-order valence-electron chi connectivity index (χ1n) is 6.25. The Balaban J connectivity index is 2.98. The van der Waals surface area contributed by atoms with Gasteiger partial charge in [-0.3, -0.25) is 4.79 Å². The van der Waals surface area contributed by atoms with Gasteiger partial charge in [-0.25, -0.2) is 0 Å². The molecule has 0 spiro atoms. The van der Waals surface area contributed by atoms with Crippen LogP contribution in [-0.4, -0.2) is 23.6 Å². The molecule has 0 radical (unpaired) electrons. The van der Waals surface area contributed by atoms with E-state index in [-0.39, 0.29) is 11.3 Å². The zero-order valence-corrected chi connectivity index (χ0v) is 12.2. The average Bonchev–Trinajstić information content (AvgIpc) is 2.68. The highest BCUT2D eigenvalue weighted by molar-refractivity contribution is 6.12. The van der Waals surface area contributed by atoms with Crippen LogP contribution < -0.4 is 4.74 Å². The predicted octanol–water partition coefficient (Wildman–Crippen LogP) is 4.26. The Morgan fingerprint density at radius 2 is 1.70 bits per heavy atom. The third-order valence-electron chi connectivity index (χ3n) is 3.47. The van der Waals surface area contributed by atoms with Gasteiger partial charge in [0, 0.05) is 18.0 Å². The summed E-state index contributed by atoms with van der Waals surface area (Å²) in [5, 5.41) is -0.454. The van der Waals surface area contributed by atoms with Gasteiger partial charge in [-0.05, 0) is 24.6 Å². The number of halogens is 6. The largest absolute Gasteiger partial charge is 0.496 e. The van der Waals surface area contributed by atoms with Gasteiger partial charge >= 0.3 is 12.4 Å². The lowest BCUT2D eigenvalue weighted by Crippen LogP contribution is -2.26. The average molecular weight is 339 g/mol. The molecule has 0 amide bonds. The summed E-state index contributed by atoms with van der Waals surface area (Å²) in [5.74, 6) is -2.45. The molecule has 0 saturated carbocycles. The summed E-state index contributed by atoms with van der Waals surface area (Å²) in [6, 6.07) is 2.26. The van der Waals surface area contributed by atoms with E-state index in [4.69, 9.17) is 4.74 Å². The summed E-state index contributed by atoms with van der Waals surface area (Å²) in [6.45, 7) is 1.53. The van der Waals surface area contributed by atoms with E-state index in [1.807, 2.05) is 0 Å². The van der Waals surface area contributed by atoms with Crippen LogP contribution in [0, 0.1) is 6.92 Å². The Bertz CT molecular complexity index is 785. The van der Waals surface area contributed by atoms with E-state index in [1.54, 1.807) is 0 Å². The minimum atomic E-state index is -5.42. The summed E-state index contributed by atoms with van der Waals surface area (Å²) in [7, 11) is 2.19. The third-order valence-corrected chi connectivity index (χ3v) is 3.47. The molecule has 126 valence electrons. The minimum Gasteiger partial charge on any atom is -0.496 e. The second-order valence-corrected chi connectivity index (χ2v) is 4.95. The number of hydrogen-bond acceptors (Lipinski definition) is 2. The van der Waals surface area contributed by atoms with E-state index in [9.17, 15) is 31.1 Å². The summed E-state index contributed by atoms with van der Waals surface area (Å²) in [4.78, 5) is 11.6. The van der Waals surface area contributed by atoms with E-state index >= 15 is 0 Å². The molecule has 0 aliphatic heterocycles. The highest BCUT2D eigenvalue weighted by atomic mass is 19.4. The van der Waals surface area contributed by atoms with Gasteiger partial charge in [0.2, 0.25) is 0 Å². The maximum Gasteiger partial charge on any atom is 0.454 e. The molecule has 2 aromatic rings. The molecule has 0 N–H and O–H groups in total. The lowest BCUT2D eigenvalue weighted by atomic mass is 10.0. The Morgan fingerprint density at radius 3 is 2.13 bits per heavy atom. The molecule has 1 heterocycles. The maximum absolute atomic E-state index is 13.2. The molecule has 0 unspecified atom stereocenters. The third kappa shape index (κ3) is 2.75. The zero-order valence-electron chi connectivity index (χ0n) is 12.2. The number of carbonyl (C=O) groups excluding carboxylic acids is 1. The molecule has 1 aromatic carbocycles. The van der Waals surface area contributed by atoms with E-state index in [0.717, 1.165) is 13.1 Å². The normalized spacial score (nSPS) is 12.7. The smallest absolute Gasteiger partial charge is 0.454 e. The Hall–Kier alpha value is -2.19. The van der Waals surface area contributed by atoms with E-state index in [2.05, 4.69) is 0 Å². The van der Waals surface area contributed by atoms with Gasteiger partial charge in [-0.1, -0.05) is 0 Å². The van der Waals surface area contributed by atoms with Gasteiger partial charge in [0.05, 0.1) is 12.7 Å². The van der Waals surface area contributed by atoms with Crippen molar-refractivity contribution in [2.24, 2.45) is 7.05 Å². The molecule has 2 rings (SSSR count). The monoisotopic (exact) mass is 339 g/mol. The van der Waals surface area contributed by atoms with Crippen molar-refractivity contribution in [1.82, 2.24) is 4.57 Å². The molecule has 0 bridgehead atoms. The molecule has 23 heavy (non-hydrogen) atoms. The molecule has 0 aliphatic rings. The molecule has 9 heteroatoms. The number of ether oxygens (including phenoxy) is 1. The first kappa shape index (κ1) is 17.2. The number of rotatable bonds is 2. The van der Waals surface area contributed by atoms with Crippen molar-refractivity contribution >= 4 is 16.7 Å². The van der Waals surface area contributed by atoms with Crippen molar-refractivity contribution in [3.8, 4) is 5.75 Å². The SMILES string of the molecule is COc1cc2c(C(=O)C(F)(F)F)c(C(F)(F)F)n(C)c2cc1C. The van der Waals surface area contributed by atoms with Crippen LogP contribution in [0.4, 0.5) is 26.3 Å². The van der Waals surface area contributed by atoms with Crippen molar-refractivity contribution in [3.05, 3.63) is 29.0 Å². The topological polar surface area (TPSA) is 31.2 Å². The highest BCUT2D eigenvalue weighted by Gasteiger charge is 2.48. The standard InChI is InChI=1S/C14H11F6NO2/c1-6-4-8-7(5-9(6)23-3)10(12(22)14(18,19)20)11(21(8)2)13(15,16)17/h4-5H,1-3H3. The number of aromatic nitrogens is 1. The number of alkyl halides is 6. The van der Waals surface area contributed by atoms with Crippen LogP contribution in [0.3, 0.4) is 0 Å². The van der Waals surface area contributed by atoms with E-state index < -0.39 is 34.8 Å². The second kappa shape index (κ2) is 5.17. The number of carbonyl (C=O) groups is 1.